The molecule has 0 aromatic heterocycles. The second-order valence-corrected chi connectivity index (χ2v) is 4.56. The molecule has 1 unspecified atom stereocenters. The molecule has 116 valence electrons. The third kappa shape index (κ3) is 16.4. The number of hydrogen-bond acceptors (Lipinski definition) is 4. The summed E-state index contributed by atoms with van der Waals surface area (Å²) in [5.74, 6) is -0.864. The van der Waals surface area contributed by atoms with E-state index in [9.17, 15) is 9.70 Å². The predicted octanol–water partition coefficient (Wildman–Crippen LogP) is 4.64. The Balaban J connectivity index is 0. The van der Waals surface area contributed by atoms with Crippen LogP contribution >= 0.6 is 0 Å². The summed E-state index contributed by atoms with van der Waals surface area (Å²) in [6.45, 7) is 9.06. The smallest absolute Gasteiger partial charge is 0.330 e. The van der Waals surface area contributed by atoms with Crippen molar-refractivity contribution in [1.82, 2.24) is 0 Å². The summed E-state index contributed by atoms with van der Waals surface area (Å²) in [5, 5.41) is 10.7. The van der Waals surface area contributed by atoms with E-state index in [1.54, 1.807) is 19.1 Å². The van der Waals surface area contributed by atoms with Crippen LogP contribution in [-0.2, 0) is 9.63 Å². The van der Waals surface area contributed by atoms with E-state index in [1.807, 2.05) is 6.92 Å². The number of allylic oxidation sites excluding steroid dienone is 2. The van der Waals surface area contributed by atoms with Crippen LogP contribution in [0.5, 0.6) is 0 Å². The van der Waals surface area contributed by atoms with Crippen molar-refractivity contribution in [3.05, 3.63) is 29.2 Å². The number of carboxylic acid groups (broad SMARTS) is 1. The molecule has 0 spiro atoms. The summed E-state index contributed by atoms with van der Waals surface area (Å²) < 4.78 is 0. The highest BCUT2D eigenvalue weighted by atomic mass is 16.7. The minimum absolute atomic E-state index is 0.00986. The molecule has 0 heterocycles. The fourth-order valence-corrected chi connectivity index (χ4v) is 1.33. The van der Waals surface area contributed by atoms with Crippen LogP contribution in [0.2, 0.25) is 0 Å². The standard InChI is InChI=1S/C8H17NO2.C7H10O2/c1-3-4-5-6-7-8(2)11-9-10;1-3-4-5-6(2)7(8)9/h8H,3-7H2,1-2H3;3,5H,1,4H2,2H3,(H,8,9). The summed E-state index contributed by atoms with van der Waals surface area (Å²) in [4.78, 5) is 24.2. The molecular weight excluding hydrogens is 258 g/mol. The Morgan fingerprint density at radius 1 is 1.40 bits per heavy atom. The van der Waals surface area contributed by atoms with Crippen LogP contribution in [0.4, 0.5) is 0 Å². The van der Waals surface area contributed by atoms with Crippen molar-refractivity contribution in [2.45, 2.75) is 65.4 Å². The summed E-state index contributed by atoms with van der Waals surface area (Å²) >= 11 is 0. The SMILES string of the molecule is C=CCC=C(C)C(=O)O.CCCCCCC(C)ON=O. The van der Waals surface area contributed by atoms with E-state index < -0.39 is 5.97 Å². The summed E-state index contributed by atoms with van der Waals surface area (Å²) in [6.07, 6.45) is 9.69. The van der Waals surface area contributed by atoms with Crippen LogP contribution < -0.4 is 0 Å². The molecule has 0 amide bonds. The molecule has 5 heteroatoms. The fraction of sp³-hybridized carbons (Fsp3) is 0.667. The van der Waals surface area contributed by atoms with Gasteiger partial charge in [0.05, 0.1) is 0 Å². The maximum Gasteiger partial charge on any atom is 0.330 e. The first-order chi connectivity index (χ1) is 9.49. The first kappa shape index (κ1) is 20.7. The quantitative estimate of drug-likeness (QED) is 0.209. The van der Waals surface area contributed by atoms with Crippen molar-refractivity contribution in [2.24, 2.45) is 5.34 Å². The zero-order valence-corrected chi connectivity index (χ0v) is 12.8. The lowest BCUT2D eigenvalue weighted by Gasteiger charge is -2.05. The van der Waals surface area contributed by atoms with Crippen LogP contribution in [0, 0.1) is 4.91 Å². The van der Waals surface area contributed by atoms with Crippen molar-refractivity contribution in [2.75, 3.05) is 0 Å². The zero-order chi connectivity index (χ0) is 15.8. The lowest BCUT2D eigenvalue weighted by Crippen LogP contribution is -2.02. The molecule has 0 aliphatic heterocycles. The largest absolute Gasteiger partial charge is 0.478 e. The molecule has 0 rings (SSSR count). The van der Waals surface area contributed by atoms with Crippen molar-refractivity contribution in [3.8, 4) is 0 Å². The molecule has 0 aromatic rings. The van der Waals surface area contributed by atoms with E-state index in [4.69, 9.17) is 5.11 Å². The Morgan fingerprint density at radius 3 is 2.50 bits per heavy atom. The van der Waals surface area contributed by atoms with E-state index in [0.29, 0.717) is 12.0 Å². The highest BCUT2D eigenvalue weighted by Crippen LogP contribution is 2.07. The first-order valence-electron chi connectivity index (χ1n) is 6.98. The third-order valence-electron chi connectivity index (χ3n) is 2.62. The first-order valence-corrected chi connectivity index (χ1v) is 6.98. The monoisotopic (exact) mass is 285 g/mol. The molecule has 0 saturated heterocycles. The average Bonchev–Trinajstić information content (AvgIpc) is 2.42. The Labute approximate surface area is 121 Å². The summed E-state index contributed by atoms with van der Waals surface area (Å²) in [5.41, 5.74) is 0.370. The minimum Gasteiger partial charge on any atom is -0.478 e. The number of unbranched alkanes of at least 4 members (excludes halogenated alkanes) is 3. The van der Waals surface area contributed by atoms with Gasteiger partial charge < -0.3 is 9.94 Å². The lowest BCUT2D eigenvalue weighted by atomic mass is 10.1. The molecule has 0 radical (unpaired) electrons. The maximum atomic E-state index is 10.1. The zero-order valence-electron chi connectivity index (χ0n) is 12.8. The molecule has 20 heavy (non-hydrogen) atoms. The van der Waals surface area contributed by atoms with Crippen LogP contribution in [0.3, 0.4) is 0 Å². The Bertz CT molecular complexity index is 300. The molecule has 1 N–H and O–H groups in total. The number of carboxylic acids is 1. The van der Waals surface area contributed by atoms with E-state index >= 15 is 0 Å². The molecule has 0 aliphatic carbocycles. The van der Waals surface area contributed by atoms with Crippen LogP contribution in [0.15, 0.2) is 29.6 Å². The van der Waals surface area contributed by atoms with Gasteiger partial charge in [-0.15, -0.1) is 11.5 Å². The topological polar surface area (TPSA) is 76.0 Å². The van der Waals surface area contributed by atoms with Crippen LogP contribution in [-0.4, -0.2) is 17.2 Å². The molecule has 0 bridgehead atoms. The minimum atomic E-state index is -0.864. The molecule has 0 aliphatic rings. The number of nitrogens with zero attached hydrogens (tertiary/aromatic N) is 1. The van der Waals surface area contributed by atoms with Crippen molar-refractivity contribution < 1.29 is 14.7 Å². The van der Waals surface area contributed by atoms with Gasteiger partial charge in [-0.2, -0.15) is 0 Å². The number of hydrogen-bond donors (Lipinski definition) is 1. The van der Waals surface area contributed by atoms with Gasteiger partial charge in [0.1, 0.15) is 6.10 Å². The van der Waals surface area contributed by atoms with Gasteiger partial charge in [-0.3, -0.25) is 0 Å². The van der Waals surface area contributed by atoms with Gasteiger partial charge >= 0.3 is 5.97 Å². The van der Waals surface area contributed by atoms with Gasteiger partial charge in [0.15, 0.2) is 5.34 Å². The van der Waals surface area contributed by atoms with Crippen molar-refractivity contribution in [1.29, 1.82) is 0 Å². The van der Waals surface area contributed by atoms with Gasteiger partial charge in [-0.25, -0.2) is 4.79 Å². The van der Waals surface area contributed by atoms with Crippen LogP contribution in [0.1, 0.15) is 59.3 Å². The van der Waals surface area contributed by atoms with Crippen molar-refractivity contribution in [3.63, 3.8) is 0 Å². The van der Waals surface area contributed by atoms with Crippen molar-refractivity contribution >= 4 is 5.97 Å². The number of rotatable bonds is 10. The number of carbonyl (C=O) groups is 1. The molecule has 5 nitrogen and oxygen atoms in total. The van der Waals surface area contributed by atoms with Crippen LogP contribution in [0.25, 0.3) is 0 Å². The Kier molecular flexibility index (Phi) is 15.9. The molecular formula is C15H27NO4. The fourth-order valence-electron chi connectivity index (χ4n) is 1.33. The van der Waals surface area contributed by atoms with E-state index in [-0.39, 0.29) is 6.10 Å². The van der Waals surface area contributed by atoms with Gasteiger partial charge in [-0.05, 0) is 33.1 Å². The van der Waals surface area contributed by atoms with Gasteiger partial charge in [-0.1, -0.05) is 38.3 Å². The van der Waals surface area contributed by atoms with Gasteiger partial charge in [0.25, 0.3) is 0 Å². The molecule has 0 fully saturated rings. The normalized spacial score (nSPS) is 11.8. The lowest BCUT2D eigenvalue weighted by molar-refractivity contribution is -0.132. The average molecular weight is 285 g/mol. The van der Waals surface area contributed by atoms with E-state index in [2.05, 4.69) is 23.7 Å². The predicted molar refractivity (Wildman–Crippen MR) is 81.3 cm³/mol. The molecule has 0 saturated carbocycles. The Morgan fingerprint density at radius 2 is 2.05 bits per heavy atom. The molecule has 1 atom stereocenters. The second kappa shape index (κ2) is 15.4. The highest BCUT2D eigenvalue weighted by molar-refractivity contribution is 5.85. The highest BCUT2D eigenvalue weighted by Gasteiger charge is 2.01. The summed E-state index contributed by atoms with van der Waals surface area (Å²) in [6, 6.07) is 0. The Hall–Kier alpha value is -1.65. The second-order valence-electron chi connectivity index (χ2n) is 4.56. The van der Waals surface area contributed by atoms with Gasteiger partial charge in [0, 0.05) is 5.57 Å². The van der Waals surface area contributed by atoms with E-state index in [1.165, 1.54) is 19.3 Å². The van der Waals surface area contributed by atoms with Gasteiger partial charge in [0.2, 0.25) is 0 Å². The third-order valence-corrected chi connectivity index (χ3v) is 2.62. The summed E-state index contributed by atoms with van der Waals surface area (Å²) in [7, 11) is 0. The van der Waals surface area contributed by atoms with E-state index in [0.717, 1.165) is 12.8 Å². The maximum absolute atomic E-state index is 10.1. The molecule has 0 aromatic carbocycles. The number of aliphatic carboxylic acids is 1.